The molecule has 0 spiro atoms. The number of nitrogens with one attached hydrogen (secondary N) is 3. The third-order valence-electron chi connectivity index (χ3n) is 7.49. The van der Waals surface area contributed by atoms with Crippen LogP contribution in [0.15, 0.2) is 6.20 Å². The number of nitrogens with zero attached hydrogens (tertiary/aromatic N) is 2. The maximum Gasteiger partial charge on any atom is 0.333 e. The molecule has 1 heterocycles. The molecule has 7 heteroatoms. The molecule has 1 atom stereocenters. The Labute approximate surface area is 159 Å². The van der Waals surface area contributed by atoms with Gasteiger partial charge >= 0.3 is 6.03 Å². The number of carbonyl (C=O) groups excluding carboxylic acids is 2. The predicted octanol–water partition coefficient (Wildman–Crippen LogP) is 2.34. The molecule has 3 N–H and O–H groups in total. The fraction of sp³-hybridized carbons (Fsp3) is 0.750. The smallest absolute Gasteiger partial charge is 0.330 e. The van der Waals surface area contributed by atoms with Gasteiger partial charge in [0.25, 0.3) is 0 Å². The third-order valence-corrected chi connectivity index (χ3v) is 7.49. The van der Waals surface area contributed by atoms with E-state index in [1.165, 1.54) is 25.0 Å². The number of aromatic nitrogens is 2. The second-order valence-corrected chi connectivity index (χ2v) is 9.37. The van der Waals surface area contributed by atoms with Crippen LogP contribution in [0.25, 0.3) is 0 Å². The number of amides is 3. The van der Waals surface area contributed by atoms with Crippen LogP contribution < -0.4 is 16.2 Å². The van der Waals surface area contributed by atoms with E-state index in [2.05, 4.69) is 21.3 Å². The Balaban J connectivity index is 1.19. The Kier molecular flexibility index (Phi) is 3.95. The molecule has 0 radical (unpaired) electrons. The summed E-state index contributed by atoms with van der Waals surface area (Å²) in [5.74, 6) is 2.15. The van der Waals surface area contributed by atoms with Gasteiger partial charge in [0.1, 0.15) is 0 Å². The van der Waals surface area contributed by atoms with Gasteiger partial charge < -0.3 is 5.32 Å². The molecule has 0 saturated heterocycles. The first kappa shape index (κ1) is 17.1. The zero-order chi connectivity index (χ0) is 18.6. The molecule has 4 saturated carbocycles. The molecule has 146 valence electrons. The quantitative estimate of drug-likeness (QED) is 0.697. The Morgan fingerprint density at radius 2 is 1.78 bits per heavy atom. The molecule has 0 aromatic carbocycles. The average Bonchev–Trinajstić information content (AvgIpc) is 3.01. The van der Waals surface area contributed by atoms with Crippen molar-refractivity contribution in [1.82, 2.24) is 25.9 Å². The van der Waals surface area contributed by atoms with E-state index in [9.17, 15) is 9.59 Å². The van der Waals surface area contributed by atoms with Crippen molar-refractivity contribution in [2.24, 2.45) is 30.2 Å². The maximum absolute atomic E-state index is 12.9. The van der Waals surface area contributed by atoms with Gasteiger partial charge in [0, 0.05) is 18.3 Å². The van der Waals surface area contributed by atoms with E-state index in [0.717, 1.165) is 44.1 Å². The Morgan fingerprint density at radius 1 is 1.11 bits per heavy atom. The van der Waals surface area contributed by atoms with Gasteiger partial charge in [-0.2, -0.15) is 5.10 Å². The average molecular weight is 371 g/mol. The molecular formula is C20H29N5O2. The molecule has 5 aliphatic carbocycles. The SMILES string of the molecule is Cn1ncc2c1CCCC2NC(=O)NNC(=O)C12CC3CC(CC(C3)C1)C2. The number of aryl methyl sites for hydroxylation is 1. The summed E-state index contributed by atoms with van der Waals surface area (Å²) in [5, 5.41) is 7.31. The van der Waals surface area contributed by atoms with Crippen molar-refractivity contribution >= 4 is 11.9 Å². The molecule has 1 aromatic rings. The van der Waals surface area contributed by atoms with Crippen molar-refractivity contribution < 1.29 is 9.59 Å². The minimum Gasteiger partial charge on any atom is -0.330 e. The second-order valence-electron chi connectivity index (χ2n) is 9.37. The Morgan fingerprint density at radius 3 is 2.44 bits per heavy atom. The number of hydrogen-bond donors (Lipinski definition) is 3. The van der Waals surface area contributed by atoms with Crippen molar-refractivity contribution in [1.29, 1.82) is 0 Å². The van der Waals surface area contributed by atoms with Gasteiger partial charge in [-0.3, -0.25) is 14.9 Å². The van der Waals surface area contributed by atoms with Gasteiger partial charge in [-0.1, -0.05) is 0 Å². The number of rotatable bonds is 2. The van der Waals surface area contributed by atoms with E-state index >= 15 is 0 Å². The van der Waals surface area contributed by atoms with Crippen LogP contribution in [0.4, 0.5) is 4.79 Å². The molecule has 4 fully saturated rings. The fourth-order valence-corrected chi connectivity index (χ4v) is 6.69. The number of hydrazine groups is 1. The summed E-state index contributed by atoms with van der Waals surface area (Å²) >= 11 is 0. The van der Waals surface area contributed by atoms with Crippen molar-refractivity contribution in [3.63, 3.8) is 0 Å². The van der Waals surface area contributed by atoms with Crippen molar-refractivity contribution in [2.75, 3.05) is 0 Å². The lowest BCUT2D eigenvalue weighted by atomic mass is 9.49. The highest BCUT2D eigenvalue weighted by Crippen LogP contribution is 2.60. The number of urea groups is 1. The predicted molar refractivity (Wildman–Crippen MR) is 99.3 cm³/mol. The van der Waals surface area contributed by atoms with Gasteiger partial charge in [0.15, 0.2) is 0 Å². The topological polar surface area (TPSA) is 88.1 Å². The first-order valence-corrected chi connectivity index (χ1v) is 10.4. The lowest BCUT2D eigenvalue weighted by Gasteiger charge is -2.55. The van der Waals surface area contributed by atoms with Crippen LogP contribution in [0.2, 0.25) is 0 Å². The molecule has 6 rings (SSSR count). The van der Waals surface area contributed by atoms with Crippen molar-refractivity contribution in [3.8, 4) is 0 Å². The normalized spacial score (nSPS) is 36.2. The van der Waals surface area contributed by atoms with Crippen molar-refractivity contribution in [3.05, 3.63) is 17.5 Å². The van der Waals surface area contributed by atoms with E-state index in [-0.39, 0.29) is 23.4 Å². The summed E-state index contributed by atoms with van der Waals surface area (Å²) in [7, 11) is 1.94. The summed E-state index contributed by atoms with van der Waals surface area (Å²) < 4.78 is 1.88. The summed E-state index contributed by atoms with van der Waals surface area (Å²) in [5.41, 5.74) is 7.38. The number of carbonyl (C=O) groups is 2. The minimum atomic E-state index is -0.338. The molecule has 4 bridgehead atoms. The number of fused-ring (bicyclic) bond motifs is 1. The molecule has 7 nitrogen and oxygen atoms in total. The van der Waals surface area contributed by atoms with Crippen LogP contribution in [0.3, 0.4) is 0 Å². The zero-order valence-corrected chi connectivity index (χ0v) is 16.0. The van der Waals surface area contributed by atoms with Crippen LogP contribution in [-0.4, -0.2) is 21.7 Å². The van der Waals surface area contributed by atoms with Gasteiger partial charge in [-0.15, -0.1) is 0 Å². The molecule has 3 amide bonds. The highest BCUT2D eigenvalue weighted by molar-refractivity contribution is 5.86. The number of hydrogen-bond acceptors (Lipinski definition) is 3. The Hall–Kier alpha value is -2.05. The molecule has 1 unspecified atom stereocenters. The Bertz CT molecular complexity index is 735. The van der Waals surface area contributed by atoms with E-state index in [1.54, 1.807) is 0 Å². The summed E-state index contributed by atoms with van der Waals surface area (Å²) in [6.07, 6.45) is 11.6. The van der Waals surface area contributed by atoms with Gasteiger partial charge in [0.05, 0.1) is 17.7 Å². The lowest BCUT2D eigenvalue weighted by Crippen LogP contribution is -2.58. The second kappa shape index (κ2) is 6.24. The maximum atomic E-state index is 12.9. The summed E-state index contributed by atoms with van der Waals surface area (Å²) in [4.78, 5) is 25.3. The summed E-state index contributed by atoms with van der Waals surface area (Å²) in [6, 6.07) is -0.381. The highest BCUT2D eigenvalue weighted by atomic mass is 16.2. The van der Waals surface area contributed by atoms with E-state index in [0.29, 0.717) is 17.8 Å². The van der Waals surface area contributed by atoms with Gasteiger partial charge in [-0.25, -0.2) is 10.2 Å². The first-order valence-electron chi connectivity index (χ1n) is 10.4. The van der Waals surface area contributed by atoms with E-state index in [4.69, 9.17) is 0 Å². The van der Waals surface area contributed by atoms with Crippen LogP contribution in [0.1, 0.15) is 68.7 Å². The van der Waals surface area contributed by atoms with E-state index < -0.39 is 0 Å². The van der Waals surface area contributed by atoms with Crippen LogP contribution in [-0.2, 0) is 18.3 Å². The monoisotopic (exact) mass is 371 g/mol. The highest BCUT2D eigenvalue weighted by Gasteiger charge is 2.54. The van der Waals surface area contributed by atoms with Crippen molar-refractivity contribution in [2.45, 2.75) is 63.8 Å². The standard InChI is InChI=1S/C20H29N5O2/c1-25-17-4-2-3-16(15(17)11-21-25)22-19(27)24-23-18(26)20-8-12-5-13(9-20)7-14(6-12)10-20/h11-14,16H,2-10H2,1H3,(H,23,26)(H2,22,24,27). The molecule has 0 aliphatic heterocycles. The van der Waals surface area contributed by atoms with Crippen LogP contribution in [0, 0.1) is 23.2 Å². The fourth-order valence-electron chi connectivity index (χ4n) is 6.69. The first-order chi connectivity index (χ1) is 13.0. The lowest BCUT2D eigenvalue weighted by molar-refractivity contribution is -0.147. The van der Waals surface area contributed by atoms with Gasteiger partial charge in [0.2, 0.25) is 5.91 Å². The van der Waals surface area contributed by atoms with E-state index in [1.807, 2.05) is 17.9 Å². The minimum absolute atomic E-state index is 0.0162. The van der Waals surface area contributed by atoms with Gasteiger partial charge in [-0.05, 0) is 75.5 Å². The van der Waals surface area contributed by atoms with Crippen LogP contribution in [0.5, 0.6) is 0 Å². The largest absolute Gasteiger partial charge is 0.333 e. The molecule has 1 aromatic heterocycles. The summed E-state index contributed by atoms with van der Waals surface area (Å²) in [6.45, 7) is 0. The third kappa shape index (κ3) is 2.91. The molecule has 5 aliphatic rings. The zero-order valence-electron chi connectivity index (χ0n) is 16.0. The molecule has 27 heavy (non-hydrogen) atoms. The molecular weight excluding hydrogens is 342 g/mol. The van der Waals surface area contributed by atoms with Crippen LogP contribution >= 0.6 is 0 Å².